The van der Waals surface area contributed by atoms with E-state index in [0.717, 1.165) is 46.3 Å². The van der Waals surface area contributed by atoms with E-state index in [1.54, 1.807) is 7.11 Å². The minimum Gasteiger partial charge on any atom is -0.491 e. The van der Waals surface area contributed by atoms with Crippen molar-refractivity contribution in [3.63, 3.8) is 0 Å². The maximum atomic E-state index is 5.96. The molecule has 2 aromatic heterocycles. The molecule has 0 aromatic carbocycles. The SMILES string of the molecule is COc1ccc2c(n1)C1(CO2)C(=S)C=C2OCCCn3ccc1c32. The van der Waals surface area contributed by atoms with Crippen LogP contribution >= 0.6 is 12.2 Å². The van der Waals surface area contributed by atoms with E-state index in [-0.39, 0.29) is 0 Å². The van der Waals surface area contributed by atoms with Crippen LogP contribution in [0.5, 0.6) is 11.6 Å². The molecule has 0 fully saturated rings. The van der Waals surface area contributed by atoms with Crippen molar-refractivity contribution in [1.82, 2.24) is 9.55 Å². The van der Waals surface area contributed by atoms with Crippen molar-refractivity contribution in [2.75, 3.05) is 20.3 Å². The van der Waals surface area contributed by atoms with Gasteiger partial charge < -0.3 is 18.8 Å². The monoisotopic (exact) mass is 340 g/mol. The van der Waals surface area contributed by atoms with Crippen LogP contribution in [0.15, 0.2) is 30.5 Å². The minimum absolute atomic E-state index is 0.460. The van der Waals surface area contributed by atoms with Crippen LogP contribution in [0.2, 0.25) is 0 Å². The molecule has 0 N–H and O–H groups in total. The number of aryl methyl sites for hydroxylation is 1. The van der Waals surface area contributed by atoms with E-state index in [2.05, 4.69) is 21.8 Å². The second kappa shape index (κ2) is 4.83. The number of pyridine rings is 1. The van der Waals surface area contributed by atoms with Gasteiger partial charge in [0.25, 0.3) is 0 Å². The lowest BCUT2D eigenvalue weighted by Gasteiger charge is -2.32. The zero-order valence-electron chi connectivity index (χ0n) is 13.2. The van der Waals surface area contributed by atoms with Gasteiger partial charge >= 0.3 is 0 Å². The maximum absolute atomic E-state index is 5.96. The molecule has 2 aromatic rings. The Morgan fingerprint density at radius 1 is 1.29 bits per heavy atom. The molecule has 6 heteroatoms. The molecule has 1 unspecified atom stereocenters. The molecule has 0 saturated heterocycles. The molecule has 3 aliphatic rings. The smallest absolute Gasteiger partial charge is 0.213 e. The van der Waals surface area contributed by atoms with Crippen LogP contribution in [-0.4, -0.2) is 34.7 Å². The zero-order valence-corrected chi connectivity index (χ0v) is 14.1. The van der Waals surface area contributed by atoms with Crippen molar-refractivity contribution in [3.05, 3.63) is 47.4 Å². The Kier molecular flexibility index (Phi) is 2.83. The Balaban J connectivity index is 1.79. The van der Waals surface area contributed by atoms with Gasteiger partial charge in [0.2, 0.25) is 5.88 Å². The van der Waals surface area contributed by atoms with Crippen molar-refractivity contribution in [3.8, 4) is 11.6 Å². The summed E-state index contributed by atoms with van der Waals surface area (Å²) in [6.07, 6.45) is 5.07. The largest absolute Gasteiger partial charge is 0.491 e. The van der Waals surface area contributed by atoms with Crippen LogP contribution in [0.4, 0.5) is 0 Å². The van der Waals surface area contributed by atoms with E-state index >= 15 is 0 Å². The maximum Gasteiger partial charge on any atom is 0.213 e. The lowest BCUT2D eigenvalue weighted by Crippen LogP contribution is -2.40. The molecule has 0 saturated carbocycles. The lowest BCUT2D eigenvalue weighted by molar-refractivity contribution is 0.274. The van der Waals surface area contributed by atoms with Gasteiger partial charge in [0, 0.05) is 29.2 Å². The summed E-state index contributed by atoms with van der Waals surface area (Å²) >= 11 is 5.80. The molecule has 5 nitrogen and oxygen atoms in total. The molecule has 1 spiro atoms. The predicted octanol–water partition coefficient (Wildman–Crippen LogP) is 2.71. The Bertz CT molecular complexity index is 902. The van der Waals surface area contributed by atoms with Gasteiger partial charge in [-0.3, -0.25) is 0 Å². The summed E-state index contributed by atoms with van der Waals surface area (Å²) in [5, 5.41) is 0. The molecule has 1 aliphatic carbocycles. The lowest BCUT2D eigenvalue weighted by atomic mass is 9.73. The Labute approximate surface area is 144 Å². The van der Waals surface area contributed by atoms with Crippen LogP contribution in [0.1, 0.15) is 23.4 Å². The normalized spacial score (nSPS) is 23.7. The number of rotatable bonds is 1. The highest BCUT2D eigenvalue weighted by Gasteiger charge is 2.51. The first kappa shape index (κ1) is 14.0. The van der Waals surface area contributed by atoms with E-state index in [1.807, 2.05) is 18.2 Å². The third kappa shape index (κ3) is 1.64. The summed E-state index contributed by atoms with van der Waals surface area (Å²) in [6.45, 7) is 2.11. The first-order chi connectivity index (χ1) is 11.7. The predicted molar refractivity (Wildman–Crippen MR) is 92.6 cm³/mol. The molecular formula is C18H16N2O3S. The van der Waals surface area contributed by atoms with Crippen LogP contribution in [0.3, 0.4) is 0 Å². The fourth-order valence-corrected chi connectivity index (χ4v) is 4.23. The second-order valence-corrected chi connectivity index (χ2v) is 6.68. The molecule has 4 heterocycles. The third-order valence-corrected chi connectivity index (χ3v) is 5.50. The van der Waals surface area contributed by atoms with Crippen molar-refractivity contribution < 1.29 is 14.2 Å². The van der Waals surface area contributed by atoms with Crippen molar-refractivity contribution in [1.29, 1.82) is 0 Å². The quantitative estimate of drug-likeness (QED) is 0.747. The number of fused-ring (bicyclic) bond motifs is 3. The number of nitrogens with zero attached hydrogens (tertiary/aromatic N) is 2. The molecule has 0 bridgehead atoms. The van der Waals surface area contributed by atoms with Crippen LogP contribution in [0, 0.1) is 0 Å². The fraction of sp³-hybridized carbons (Fsp3) is 0.333. The number of allylic oxidation sites excluding steroid dienone is 1. The van der Waals surface area contributed by atoms with Gasteiger partial charge in [0.15, 0.2) is 0 Å². The molecule has 1 atom stereocenters. The van der Waals surface area contributed by atoms with E-state index in [9.17, 15) is 0 Å². The number of hydrogen-bond donors (Lipinski definition) is 0. The van der Waals surface area contributed by atoms with Crippen molar-refractivity contribution in [2.24, 2.45) is 0 Å². The average Bonchev–Trinajstić information content (AvgIpc) is 3.13. The number of methoxy groups -OCH3 is 1. The topological polar surface area (TPSA) is 45.5 Å². The molecule has 0 amide bonds. The zero-order chi connectivity index (χ0) is 16.3. The Morgan fingerprint density at radius 3 is 3.08 bits per heavy atom. The molecule has 24 heavy (non-hydrogen) atoms. The minimum atomic E-state index is -0.545. The molecule has 5 rings (SSSR count). The van der Waals surface area contributed by atoms with Crippen molar-refractivity contribution >= 4 is 22.8 Å². The van der Waals surface area contributed by atoms with Gasteiger partial charge in [-0.1, -0.05) is 12.2 Å². The van der Waals surface area contributed by atoms with Gasteiger partial charge in [-0.25, -0.2) is 4.98 Å². The second-order valence-electron chi connectivity index (χ2n) is 6.24. The molecule has 0 radical (unpaired) electrons. The first-order valence-electron chi connectivity index (χ1n) is 8.01. The standard InChI is InChI=1S/C18H16N2O3S/c1-21-15-4-3-12-17(19-15)18(10-23-12)11-5-7-20-6-2-8-22-13(16(11)20)9-14(18)24/h3-5,7,9H,2,6,8,10H2,1H3. The number of aromatic nitrogens is 2. The van der Waals surface area contributed by atoms with E-state index in [1.165, 1.54) is 0 Å². The summed E-state index contributed by atoms with van der Waals surface area (Å²) in [6, 6.07) is 5.85. The number of thiocarbonyl (C=S) groups is 1. The average molecular weight is 340 g/mol. The van der Waals surface area contributed by atoms with E-state index in [4.69, 9.17) is 26.4 Å². The van der Waals surface area contributed by atoms with Gasteiger partial charge in [-0.15, -0.1) is 0 Å². The number of ether oxygens (including phenoxy) is 3. The summed E-state index contributed by atoms with van der Waals surface area (Å²) in [5.74, 6) is 2.20. The van der Waals surface area contributed by atoms with Gasteiger partial charge in [-0.05, 0) is 24.6 Å². The summed E-state index contributed by atoms with van der Waals surface area (Å²) in [5.41, 5.74) is 2.51. The highest BCUT2D eigenvalue weighted by molar-refractivity contribution is 7.81. The Hall–Kier alpha value is -2.34. The van der Waals surface area contributed by atoms with Crippen LogP contribution in [-0.2, 0) is 16.7 Å². The van der Waals surface area contributed by atoms with Crippen LogP contribution < -0.4 is 9.47 Å². The molecule has 122 valence electrons. The highest BCUT2D eigenvalue weighted by atomic mass is 32.1. The molecule has 2 aliphatic heterocycles. The first-order valence-corrected chi connectivity index (χ1v) is 8.42. The highest BCUT2D eigenvalue weighted by Crippen LogP contribution is 2.50. The summed E-state index contributed by atoms with van der Waals surface area (Å²) in [4.78, 5) is 5.47. The van der Waals surface area contributed by atoms with Gasteiger partial charge in [-0.2, -0.15) is 0 Å². The van der Waals surface area contributed by atoms with Crippen molar-refractivity contribution in [2.45, 2.75) is 18.4 Å². The van der Waals surface area contributed by atoms with E-state index < -0.39 is 5.41 Å². The van der Waals surface area contributed by atoms with Gasteiger partial charge in [0.05, 0.1) is 19.4 Å². The Morgan fingerprint density at radius 2 is 2.21 bits per heavy atom. The summed E-state index contributed by atoms with van der Waals surface area (Å²) < 4.78 is 19.5. The number of hydrogen-bond acceptors (Lipinski definition) is 5. The van der Waals surface area contributed by atoms with Crippen LogP contribution in [0.25, 0.3) is 5.76 Å². The van der Waals surface area contributed by atoms with E-state index in [0.29, 0.717) is 19.1 Å². The summed E-state index contributed by atoms with van der Waals surface area (Å²) in [7, 11) is 1.62. The van der Waals surface area contributed by atoms with Gasteiger partial charge in [0.1, 0.15) is 29.2 Å². The fourth-order valence-electron chi connectivity index (χ4n) is 3.86. The molecular weight excluding hydrogens is 324 g/mol. The third-order valence-electron chi connectivity index (χ3n) is 5.03.